The molecule has 0 aliphatic rings. The smallest absolute Gasteiger partial charge is 0.152 e. The third kappa shape index (κ3) is 2.81. The molecule has 6 nitrogen and oxygen atoms in total. The van der Waals surface area contributed by atoms with Crippen LogP contribution in [0.15, 0.2) is 60.9 Å². The molecular formula is C21H17N6. The number of rotatable bonds is 4. The van der Waals surface area contributed by atoms with Crippen LogP contribution in [0.2, 0.25) is 0 Å². The summed E-state index contributed by atoms with van der Waals surface area (Å²) in [6, 6.07) is 19.2. The summed E-state index contributed by atoms with van der Waals surface area (Å²) in [6.45, 7) is 0.777. The minimum Gasteiger partial charge on any atom is -0.382 e. The van der Waals surface area contributed by atoms with E-state index in [4.69, 9.17) is 5.73 Å². The van der Waals surface area contributed by atoms with Gasteiger partial charge in [0.15, 0.2) is 5.82 Å². The van der Waals surface area contributed by atoms with Gasteiger partial charge in [-0.15, -0.1) is 0 Å². The number of anilines is 1. The molecule has 0 amide bonds. The van der Waals surface area contributed by atoms with Gasteiger partial charge < -0.3 is 5.73 Å². The third-order valence-corrected chi connectivity index (χ3v) is 4.73. The van der Waals surface area contributed by atoms with Gasteiger partial charge in [0.25, 0.3) is 0 Å². The Hall–Kier alpha value is -3.67. The van der Waals surface area contributed by atoms with Gasteiger partial charge >= 0.3 is 0 Å². The fourth-order valence-corrected chi connectivity index (χ4v) is 3.37. The molecule has 0 unspecified atom stereocenters. The summed E-state index contributed by atoms with van der Waals surface area (Å²) in [4.78, 5) is 4.56. The van der Waals surface area contributed by atoms with E-state index >= 15 is 0 Å². The second kappa shape index (κ2) is 6.25. The molecule has 0 saturated carbocycles. The monoisotopic (exact) mass is 353 g/mol. The molecule has 6 heteroatoms. The number of H-pyrrole nitrogens is 1. The van der Waals surface area contributed by atoms with Crippen LogP contribution in [0.4, 0.5) is 5.82 Å². The van der Waals surface area contributed by atoms with Crippen LogP contribution < -0.4 is 5.73 Å². The highest BCUT2D eigenvalue weighted by Gasteiger charge is 2.12. The zero-order valence-corrected chi connectivity index (χ0v) is 14.6. The fraction of sp³-hybridized carbons (Fsp3) is 0.0952. The van der Waals surface area contributed by atoms with E-state index in [1.165, 1.54) is 5.56 Å². The summed E-state index contributed by atoms with van der Waals surface area (Å²) in [5.74, 6) is 0.448. The van der Waals surface area contributed by atoms with Crippen molar-refractivity contribution in [2.75, 3.05) is 5.73 Å². The number of aromatic nitrogens is 5. The number of hydrogen-bond acceptors (Lipinski definition) is 4. The quantitative estimate of drug-likeness (QED) is 0.517. The van der Waals surface area contributed by atoms with Gasteiger partial charge in [-0.25, -0.2) is 4.98 Å². The van der Waals surface area contributed by atoms with Crippen LogP contribution in [0.1, 0.15) is 5.56 Å². The van der Waals surface area contributed by atoms with Crippen LogP contribution in [0.5, 0.6) is 0 Å². The lowest BCUT2D eigenvalue weighted by molar-refractivity contribution is 0.621. The highest BCUT2D eigenvalue weighted by molar-refractivity contribution is 6.08. The zero-order chi connectivity index (χ0) is 18.2. The van der Waals surface area contributed by atoms with E-state index in [1.807, 2.05) is 41.1 Å². The molecular weight excluding hydrogens is 336 g/mol. The van der Waals surface area contributed by atoms with Crippen LogP contribution in [0, 0.1) is 6.07 Å². The van der Waals surface area contributed by atoms with Crippen molar-refractivity contribution in [3.63, 3.8) is 0 Å². The van der Waals surface area contributed by atoms with Gasteiger partial charge in [0.1, 0.15) is 5.52 Å². The molecule has 0 saturated heterocycles. The number of fused-ring (bicyclic) bond motifs is 3. The van der Waals surface area contributed by atoms with Gasteiger partial charge in [0.05, 0.1) is 11.2 Å². The number of pyridine rings is 1. The average Bonchev–Trinajstić information content (AvgIpc) is 3.37. The van der Waals surface area contributed by atoms with Crippen LogP contribution in [-0.2, 0) is 13.0 Å². The van der Waals surface area contributed by atoms with Gasteiger partial charge in [0, 0.05) is 35.3 Å². The van der Waals surface area contributed by atoms with Gasteiger partial charge in [-0.1, -0.05) is 36.4 Å². The summed E-state index contributed by atoms with van der Waals surface area (Å²) in [7, 11) is 0. The van der Waals surface area contributed by atoms with E-state index in [-0.39, 0.29) is 0 Å². The largest absolute Gasteiger partial charge is 0.382 e. The first-order chi connectivity index (χ1) is 13.3. The first-order valence-electron chi connectivity index (χ1n) is 8.79. The van der Waals surface area contributed by atoms with E-state index < -0.39 is 0 Å². The summed E-state index contributed by atoms with van der Waals surface area (Å²) < 4.78 is 1.94. The van der Waals surface area contributed by atoms with Gasteiger partial charge in [-0.05, 0) is 30.2 Å². The van der Waals surface area contributed by atoms with Gasteiger partial charge in [-0.2, -0.15) is 10.2 Å². The number of benzene rings is 2. The van der Waals surface area contributed by atoms with E-state index in [0.717, 1.165) is 46.0 Å². The summed E-state index contributed by atoms with van der Waals surface area (Å²) >= 11 is 0. The lowest BCUT2D eigenvalue weighted by atomic mass is 10.1. The van der Waals surface area contributed by atoms with E-state index in [1.54, 1.807) is 6.20 Å². The Morgan fingerprint density at radius 2 is 2.11 bits per heavy atom. The van der Waals surface area contributed by atoms with Crippen molar-refractivity contribution >= 4 is 27.6 Å². The zero-order valence-electron chi connectivity index (χ0n) is 14.6. The number of nitrogens with zero attached hydrogens (tertiary/aromatic N) is 4. The Morgan fingerprint density at radius 1 is 1.15 bits per heavy atom. The molecule has 0 fully saturated rings. The normalized spacial score (nSPS) is 11.4. The molecule has 0 spiro atoms. The van der Waals surface area contributed by atoms with Crippen LogP contribution in [0.3, 0.4) is 0 Å². The molecule has 27 heavy (non-hydrogen) atoms. The molecule has 2 aromatic carbocycles. The number of nitrogens with one attached hydrogen (secondary N) is 1. The Balaban J connectivity index is 1.55. The van der Waals surface area contributed by atoms with Crippen molar-refractivity contribution in [2.24, 2.45) is 0 Å². The predicted molar refractivity (Wildman–Crippen MR) is 106 cm³/mol. The second-order valence-electron chi connectivity index (χ2n) is 6.50. The fourth-order valence-electron chi connectivity index (χ4n) is 3.37. The Labute approximate surface area is 155 Å². The molecule has 0 aliphatic carbocycles. The predicted octanol–water partition coefficient (Wildman–Crippen LogP) is 3.60. The SMILES string of the molecule is Nc1nc2cc(-c3cc[nH]n3)ccc2c2cn(CCc3c[c]ccc3)nc12. The van der Waals surface area contributed by atoms with Crippen molar-refractivity contribution in [2.45, 2.75) is 13.0 Å². The lowest BCUT2D eigenvalue weighted by Crippen LogP contribution is -2.01. The van der Waals surface area contributed by atoms with Crippen molar-refractivity contribution in [1.29, 1.82) is 0 Å². The van der Waals surface area contributed by atoms with Gasteiger partial charge in [0.2, 0.25) is 0 Å². The first kappa shape index (κ1) is 15.6. The minimum absolute atomic E-state index is 0.448. The van der Waals surface area contributed by atoms with Crippen molar-refractivity contribution in [3.05, 3.63) is 72.6 Å². The summed E-state index contributed by atoms with van der Waals surface area (Å²) in [6.07, 6.45) is 4.75. The van der Waals surface area contributed by atoms with Gasteiger partial charge in [-0.3, -0.25) is 9.78 Å². The Kier molecular flexibility index (Phi) is 3.60. The molecule has 3 aromatic heterocycles. The van der Waals surface area contributed by atoms with Crippen LogP contribution in [-0.4, -0.2) is 25.0 Å². The number of aromatic amines is 1. The summed E-state index contributed by atoms with van der Waals surface area (Å²) in [5.41, 5.74) is 10.9. The highest BCUT2D eigenvalue weighted by Crippen LogP contribution is 2.30. The molecule has 5 aromatic rings. The maximum absolute atomic E-state index is 6.20. The Morgan fingerprint density at radius 3 is 2.93 bits per heavy atom. The van der Waals surface area contributed by atoms with Crippen molar-refractivity contribution in [1.82, 2.24) is 25.0 Å². The van der Waals surface area contributed by atoms with E-state index in [9.17, 15) is 0 Å². The Bertz CT molecular complexity index is 1220. The van der Waals surface area contributed by atoms with E-state index in [0.29, 0.717) is 5.82 Å². The van der Waals surface area contributed by atoms with Crippen molar-refractivity contribution < 1.29 is 0 Å². The second-order valence-corrected chi connectivity index (χ2v) is 6.50. The standard InChI is InChI=1S/C21H17N6/c22-21-20-17(13-27(26-20)11-9-14-4-2-1-3-5-14)16-7-6-15(12-19(16)24-21)18-8-10-23-25-18/h1-2,4-8,10,12-13H,9,11H2,(H2,22,24)(H,23,25). The lowest BCUT2D eigenvalue weighted by Gasteiger charge is -2.03. The van der Waals surface area contributed by atoms with Crippen LogP contribution >= 0.6 is 0 Å². The van der Waals surface area contributed by atoms with Crippen LogP contribution in [0.25, 0.3) is 33.1 Å². The molecule has 0 aliphatic heterocycles. The first-order valence-corrected chi connectivity index (χ1v) is 8.79. The number of hydrogen-bond donors (Lipinski definition) is 2. The van der Waals surface area contributed by atoms with E-state index in [2.05, 4.69) is 44.7 Å². The minimum atomic E-state index is 0.448. The highest BCUT2D eigenvalue weighted by atomic mass is 15.3. The maximum atomic E-state index is 6.20. The maximum Gasteiger partial charge on any atom is 0.152 e. The molecule has 131 valence electrons. The average molecular weight is 353 g/mol. The third-order valence-electron chi connectivity index (χ3n) is 4.73. The molecule has 0 atom stereocenters. The number of nitrogens with two attached hydrogens (primary N) is 1. The molecule has 3 N–H and O–H groups in total. The van der Waals surface area contributed by atoms with Crippen molar-refractivity contribution in [3.8, 4) is 11.3 Å². The topological polar surface area (TPSA) is 85.4 Å². The number of nitrogen functional groups attached to an aromatic ring is 1. The molecule has 5 rings (SSSR count). The summed E-state index contributed by atoms with van der Waals surface area (Å²) in [5, 5.41) is 13.8. The molecule has 0 bridgehead atoms. The molecule has 3 heterocycles. The molecule has 1 radical (unpaired) electrons. The number of aryl methyl sites for hydroxylation is 2.